The lowest BCUT2D eigenvalue weighted by Gasteiger charge is -2.15. The Bertz CT molecular complexity index is 414. The van der Waals surface area contributed by atoms with Crippen LogP contribution in [0.4, 0.5) is 10.1 Å². The average molecular weight is 210 g/mol. The molecule has 0 spiro atoms. The molecular formula is C11H15FN2O. The Balaban J connectivity index is 3.39. The first kappa shape index (κ1) is 11.5. The van der Waals surface area contributed by atoms with Crippen molar-refractivity contribution in [2.75, 3.05) is 19.8 Å². The van der Waals surface area contributed by atoms with Crippen LogP contribution in [0.3, 0.4) is 0 Å². The summed E-state index contributed by atoms with van der Waals surface area (Å²) in [5.74, 6) is -0.640. The lowest BCUT2D eigenvalue weighted by Crippen LogP contribution is -2.23. The molecule has 0 saturated carbocycles. The van der Waals surface area contributed by atoms with Crippen LogP contribution in [0.2, 0.25) is 0 Å². The molecule has 0 bridgehead atoms. The van der Waals surface area contributed by atoms with Gasteiger partial charge in [-0.05, 0) is 25.5 Å². The maximum absolute atomic E-state index is 13.6. The Morgan fingerprint density at radius 1 is 1.33 bits per heavy atom. The number of rotatable bonds is 1. The van der Waals surface area contributed by atoms with Gasteiger partial charge in [-0.25, -0.2) is 4.39 Å². The van der Waals surface area contributed by atoms with Gasteiger partial charge < -0.3 is 10.6 Å². The van der Waals surface area contributed by atoms with Crippen molar-refractivity contribution in [3.05, 3.63) is 28.6 Å². The summed E-state index contributed by atoms with van der Waals surface area (Å²) in [5.41, 5.74) is 6.99. The molecule has 0 fully saturated rings. The Kier molecular flexibility index (Phi) is 2.98. The zero-order valence-electron chi connectivity index (χ0n) is 9.39. The highest BCUT2D eigenvalue weighted by Crippen LogP contribution is 2.23. The van der Waals surface area contributed by atoms with Crippen molar-refractivity contribution >= 4 is 11.6 Å². The van der Waals surface area contributed by atoms with Gasteiger partial charge in [0.2, 0.25) is 0 Å². The smallest absolute Gasteiger partial charge is 0.253 e. The number of anilines is 1. The van der Waals surface area contributed by atoms with Crippen molar-refractivity contribution in [3.8, 4) is 0 Å². The number of hydrogen-bond acceptors (Lipinski definition) is 2. The zero-order valence-corrected chi connectivity index (χ0v) is 9.39. The van der Waals surface area contributed by atoms with Crippen molar-refractivity contribution in [2.45, 2.75) is 13.8 Å². The van der Waals surface area contributed by atoms with E-state index in [4.69, 9.17) is 5.73 Å². The summed E-state index contributed by atoms with van der Waals surface area (Å²) in [4.78, 5) is 13.1. The van der Waals surface area contributed by atoms with Crippen molar-refractivity contribution < 1.29 is 9.18 Å². The summed E-state index contributed by atoms with van der Waals surface area (Å²) in [7, 11) is 3.24. The van der Waals surface area contributed by atoms with Crippen LogP contribution in [0.25, 0.3) is 0 Å². The molecule has 0 aliphatic carbocycles. The van der Waals surface area contributed by atoms with E-state index in [1.165, 1.54) is 11.0 Å². The molecular weight excluding hydrogens is 195 g/mol. The van der Waals surface area contributed by atoms with Gasteiger partial charge in [0.25, 0.3) is 5.91 Å². The molecule has 1 aromatic rings. The minimum atomic E-state index is -0.403. The summed E-state index contributed by atoms with van der Waals surface area (Å²) in [6.45, 7) is 3.18. The van der Waals surface area contributed by atoms with Gasteiger partial charge in [-0.3, -0.25) is 4.79 Å². The SMILES string of the molecule is Cc1c(N)cc(C(=O)N(C)C)c(C)c1F. The number of halogens is 1. The van der Waals surface area contributed by atoms with E-state index in [9.17, 15) is 9.18 Å². The first-order chi connectivity index (χ1) is 6.86. The molecule has 0 aliphatic rings. The Morgan fingerprint density at radius 3 is 2.33 bits per heavy atom. The third-order valence-electron chi connectivity index (χ3n) is 2.43. The maximum Gasteiger partial charge on any atom is 0.253 e. The first-order valence-corrected chi connectivity index (χ1v) is 4.63. The lowest BCUT2D eigenvalue weighted by molar-refractivity contribution is 0.0826. The Morgan fingerprint density at radius 2 is 1.87 bits per heavy atom. The standard InChI is InChI=1S/C11H15FN2O/c1-6-8(11(15)14(3)4)5-9(13)7(2)10(6)12/h5H,13H2,1-4H3. The minimum absolute atomic E-state index is 0.238. The second-order valence-electron chi connectivity index (χ2n) is 3.78. The number of carbonyl (C=O) groups is 1. The van der Waals surface area contributed by atoms with E-state index >= 15 is 0 Å². The van der Waals surface area contributed by atoms with E-state index < -0.39 is 5.82 Å². The van der Waals surface area contributed by atoms with E-state index in [-0.39, 0.29) is 5.91 Å². The molecule has 0 aromatic heterocycles. The zero-order chi connectivity index (χ0) is 11.7. The number of benzene rings is 1. The molecule has 0 aliphatic heterocycles. The molecule has 4 heteroatoms. The van der Waals surface area contributed by atoms with Crippen LogP contribution in [0.1, 0.15) is 21.5 Å². The van der Waals surface area contributed by atoms with Crippen molar-refractivity contribution in [1.29, 1.82) is 0 Å². The fourth-order valence-electron chi connectivity index (χ4n) is 1.36. The van der Waals surface area contributed by atoms with Crippen molar-refractivity contribution in [2.24, 2.45) is 0 Å². The average Bonchev–Trinajstić information content (AvgIpc) is 2.19. The second kappa shape index (κ2) is 3.88. The van der Waals surface area contributed by atoms with Crippen LogP contribution in [-0.2, 0) is 0 Å². The van der Waals surface area contributed by atoms with E-state index in [1.54, 1.807) is 27.9 Å². The number of hydrogen-bond donors (Lipinski definition) is 1. The molecule has 3 nitrogen and oxygen atoms in total. The van der Waals surface area contributed by atoms with Crippen LogP contribution < -0.4 is 5.73 Å². The normalized spacial score (nSPS) is 10.2. The summed E-state index contributed by atoms with van der Waals surface area (Å²) >= 11 is 0. The van der Waals surface area contributed by atoms with Gasteiger partial charge in [0, 0.05) is 30.9 Å². The van der Waals surface area contributed by atoms with Gasteiger partial charge >= 0.3 is 0 Å². The number of nitrogens with zero attached hydrogens (tertiary/aromatic N) is 1. The van der Waals surface area contributed by atoms with E-state index in [1.807, 2.05) is 0 Å². The van der Waals surface area contributed by atoms with Gasteiger partial charge in [0.1, 0.15) is 5.82 Å². The lowest BCUT2D eigenvalue weighted by atomic mass is 10.0. The van der Waals surface area contributed by atoms with Gasteiger partial charge in [-0.15, -0.1) is 0 Å². The third-order valence-corrected chi connectivity index (χ3v) is 2.43. The van der Waals surface area contributed by atoms with Crippen LogP contribution in [-0.4, -0.2) is 24.9 Å². The Hall–Kier alpha value is -1.58. The number of nitrogens with two attached hydrogens (primary N) is 1. The predicted molar refractivity (Wildman–Crippen MR) is 58.3 cm³/mol. The molecule has 0 heterocycles. The summed E-state index contributed by atoms with van der Waals surface area (Å²) in [6.07, 6.45) is 0. The van der Waals surface area contributed by atoms with Crippen molar-refractivity contribution in [1.82, 2.24) is 4.90 Å². The quantitative estimate of drug-likeness (QED) is 0.717. The fourth-order valence-corrected chi connectivity index (χ4v) is 1.36. The molecule has 0 saturated heterocycles. The first-order valence-electron chi connectivity index (χ1n) is 4.63. The molecule has 0 radical (unpaired) electrons. The van der Waals surface area contributed by atoms with Gasteiger partial charge in [-0.1, -0.05) is 0 Å². The molecule has 82 valence electrons. The fraction of sp³-hybridized carbons (Fsp3) is 0.364. The number of carbonyl (C=O) groups excluding carboxylic acids is 1. The van der Waals surface area contributed by atoms with E-state index in [0.717, 1.165) is 0 Å². The van der Waals surface area contributed by atoms with Crippen LogP contribution in [0.15, 0.2) is 6.07 Å². The van der Waals surface area contributed by atoms with Gasteiger partial charge in [-0.2, -0.15) is 0 Å². The number of amides is 1. The molecule has 2 N–H and O–H groups in total. The maximum atomic E-state index is 13.6. The summed E-state index contributed by atoms with van der Waals surface area (Å²) in [6, 6.07) is 1.52. The second-order valence-corrected chi connectivity index (χ2v) is 3.78. The number of nitrogen functional groups attached to an aromatic ring is 1. The molecule has 0 atom stereocenters. The molecule has 1 amide bonds. The molecule has 0 unspecified atom stereocenters. The third kappa shape index (κ3) is 1.93. The Labute approximate surface area is 88.7 Å². The highest BCUT2D eigenvalue weighted by Gasteiger charge is 2.17. The van der Waals surface area contributed by atoms with Crippen LogP contribution in [0, 0.1) is 19.7 Å². The highest BCUT2D eigenvalue weighted by molar-refractivity contribution is 5.96. The largest absolute Gasteiger partial charge is 0.398 e. The summed E-state index contributed by atoms with van der Waals surface area (Å²) < 4.78 is 13.6. The summed E-state index contributed by atoms with van der Waals surface area (Å²) in [5, 5.41) is 0. The van der Waals surface area contributed by atoms with Crippen LogP contribution >= 0.6 is 0 Å². The topological polar surface area (TPSA) is 46.3 Å². The molecule has 1 rings (SSSR count). The monoisotopic (exact) mass is 210 g/mol. The molecule has 1 aromatic carbocycles. The van der Waals surface area contributed by atoms with Crippen LogP contribution in [0.5, 0.6) is 0 Å². The highest BCUT2D eigenvalue weighted by atomic mass is 19.1. The van der Waals surface area contributed by atoms with E-state index in [2.05, 4.69) is 0 Å². The predicted octanol–water partition coefficient (Wildman–Crippen LogP) is 1.73. The van der Waals surface area contributed by atoms with Crippen molar-refractivity contribution in [3.63, 3.8) is 0 Å². The van der Waals surface area contributed by atoms with E-state index in [0.29, 0.717) is 22.4 Å². The van der Waals surface area contributed by atoms with Gasteiger partial charge in [0.15, 0.2) is 0 Å². The van der Waals surface area contributed by atoms with Gasteiger partial charge in [0.05, 0.1) is 0 Å². The minimum Gasteiger partial charge on any atom is -0.398 e. The molecule has 15 heavy (non-hydrogen) atoms.